The average Bonchev–Trinajstić information content (AvgIpc) is 1.98. The maximum absolute atomic E-state index is 11.2. The van der Waals surface area contributed by atoms with Crippen molar-refractivity contribution < 1.29 is 9.63 Å². The molecule has 0 fully saturated rings. The molecule has 3 heteroatoms. The standard InChI is InChI=1S/C9H17NO2/c1-7(2)6-12-10(5)9(11)8(3)4/h7H,3,6H2,1-2,4-5H3. The van der Waals surface area contributed by atoms with E-state index in [1.807, 2.05) is 13.8 Å². The van der Waals surface area contributed by atoms with Gasteiger partial charge in [-0.25, -0.2) is 5.06 Å². The van der Waals surface area contributed by atoms with Crippen LogP contribution in [0.2, 0.25) is 0 Å². The quantitative estimate of drug-likeness (QED) is 0.475. The van der Waals surface area contributed by atoms with Gasteiger partial charge in [-0.05, 0) is 12.8 Å². The van der Waals surface area contributed by atoms with E-state index in [4.69, 9.17) is 4.84 Å². The number of hydrogen-bond donors (Lipinski definition) is 0. The summed E-state index contributed by atoms with van der Waals surface area (Å²) >= 11 is 0. The molecule has 0 spiro atoms. The lowest BCUT2D eigenvalue weighted by Gasteiger charge is -2.17. The molecular weight excluding hydrogens is 154 g/mol. The highest BCUT2D eigenvalue weighted by molar-refractivity contribution is 5.91. The zero-order chi connectivity index (χ0) is 9.72. The smallest absolute Gasteiger partial charge is 0.271 e. The van der Waals surface area contributed by atoms with Crippen molar-refractivity contribution in [2.75, 3.05) is 13.7 Å². The van der Waals surface area contributed by atoms with Gasteiger partial charge in [0.25, 0.3) is 5.91 Å². The number of likely N-dealkylation sites (N-methyl/N-ethyl adjacent to an activating group) is 1. The SMILES string of the molecule is C=C(C)C(=O)N(C)OCC(C)C. The Morgan fingerprint density at radius 2 is 2.08 bits per heavy atom. The molecule has 70 valence electrons. The van der Waals surface area contributed by atoms with E-state index in [2.05, 4.69) is 6.58 Å². The van der Waals surface area contributed by atoms with Gasteiger partial charge in [0, 0.05) is 12.6 Å². The lowest BCUT2D eigenvalue weighted by molar-refractivity contribution is -0.176. The van der Waals surface area contributed by atoms with Crippen molar-refractivity contribution in [3.05, 3.63) is 12.2 Å². The van der Waals surface area contributed by atoms with E-state index in [0.29, 0.717) is 18.1 Å². The van der Waals surface area contributed by atoms with E-state index in [1.54, 1.807) is 14.0 Å². The molecule has 0 rings (SSSR count). The first-order chi connectivity index (χ1) is 5.45. The molecule has 12 heavy (non-hydrogen) atoms. The van der Waals surface area contributed by atoms with Crippen molar-refractivity contribution in [1.82, 2.24) is 5.06 Å². The van der Waals surface area contributed by atoms with E-state index >= 15 is 0 Å². The Balaban J connectivity index is 3.80. The molecule has 0 atom stereocenters. The second kappa shape index (κ2) is 4.93. The van der Waals surface area contributed by atoms with Crippen LogP contribution in [-0.2, 0) is 9.63 Å². The minimum Gasteiger partial charge on any atom is -0.271 e. The van der Waals surface area contributed by atoms with Crippen molar-refractivity contribution in [2.45, 2.75) is 20.8 Å². The zero-order valence-corrected chi connectivity index (χ0v) is 8.26. The minimum absolute atomic E-state index is 0.171. The molecule has 0 aliphatic rings. The van der Waals surface area contributed by atoms with Gasteiger partial charge in [0.2, 0.25) is 0 Å². The largest absolute Gasteiger partial charge is 0.272 e. The molecule has 0 saturated heterocycles. The van der Waals surface area contributed by atoms with Crippen LogP contribution in [0.25, 0.3) is 0 Å². The third-order valence-electron chi connectivity index (χ3n) is 1.25. The number of hydrogen-bond acceptors (Lipinski definition) is 2. The van der Waals surface area contributed by atoms with Crippen molar-refractivity contribution in [3.63, 3.8) is 0 Å². The predicted molar refractivity (Wildman–Crippen MR) is 48.4 cm³/mol. The van der Waals surface area contributed by atoms with Crippen LogP contribution in [0.1, 0.15) is 20.8 Å². The van der Waals surface area contributed by atoms with Gasteiger partial charge >= 0.3 is 0 Å². The highest BCUT2D eigenvalue weighted by Crippen LogP contribution is 1.99. The van der Waals surface area contributed by atoms with Gasteiger partial charge in [0.15, 0.2) is 0 Å². The molecule has 0 radical (unpaired) electrons. The summed E-state index contributed by atoms with van der Waals surface area (Å²) in [5, 5.41) is 1.22. The molecule has 0 aromatic carbocycles. The molecule has 0 heterocycles. The van der Waals surface area contributed by atoms with Crippen LogP contribution >= 0.6 is 0 Å². The predicted octanol–water partition coefficient (Wildman–Crippen LogP) is 1.61. The summed E-state index contributed by atoms with van der Waals surface area (Å²) in [6.07, 6.45) is 0. The van der Waals surface area contributed by atoms with Crippen LogP contribution in [0.15, 0.2) is 12.2 Å². The maximum atomic E-state index is 11.2. The summed E-state index contributed by atoms with van der Waals surface area (Å²) in [4.78, 5) is 16.3. The Morgan fingerprint density at radius 1 is 1.58 bits per heavy atom. The van der Waals surface area contributed by atoms with E-state index in [0.717, 1.165) is 0 Å². The lowest BCUT2D eigenvalue weighted by atomic mass is 10.2. The molecule has 0 aliphatic carbocycles. The normalized spacial score (nSPS) is 10.1. The van der Waals surface area contributed by atoms with Crippen LogP contribution < -0.4 is 0 Å². The number of amides is 1. The van der Waals surface area contributed by atoms with Gasteiger partial charge < -0.3 is 0 Å². The first-order valence-electron chi connectivity index (χ1n) is 4.01. The summed E-state index contributed by atoms with van der Waals surface area (Å²) < 4.78 is 0. The Kier molecular flexibility index (Phi) is 4.59. The molecule has 0 aliphatic heterocycles. The maximum Gasteiger partial charge on any atom is 0.272 e. The summed E-state index contributed by atoms with van der Waals surface area (Å²) in [6.45, 7) is 9.80. The first-order valence-corrected chi connectivity index (χ1v) is 4.01. The van der Waals surface area contributed by atoms with E-state index in [1.165, 1.54) is 5.06 Å². The molecule has 0 aromatic heterocycles. The van der Waals surface area contributed by atoms with Crippen molar-refractivity contribution in [3.8, 4) is 0 Å². The molecule has 3 nitrogen and oxygen atoms in total. The molecule has 0 aromatic rings. The molecule has 0 N–H and O–H groups in total. The van der Waals surface area contributed by atoms with Gasteiger partial charge in [0.05, 0.1) is 6.61 Å². The summed E-state index contributed by atoms with van der Waals surface area (Å²) in [7, 11) is 1.60. The van der Waals surface area contributed by atoms with Crippen LogP contribution in [0.3, 0.4) is 0 Å². The monoisotopic (exact) mass is 171 g/mol. The molecule has 0 saturated carbocycles. The van der Waals surface area contributed by atoms with E-state index in [9.17, 15) is 4.79 Å². The van der Waals surface area contributed by atoms with Gasteiger partial charge in [0.1, 0.15) is 0 Å². The number of hydroxylamine groups is 2. The third-order valence-corrected chi connectivity index (χ3v) is 1.25. The minimum atomic E-state index is -0.171. The van der Waals surface area contributed by atoms with Gasteiger partial charge in [-0.3, -0.25) is 9.63 Å². The number of carbonyl (C=O) groups excluding carboxylic acids is 1. The second-order valence-corrected chi connectivity index (χ2v) is 3.27. The Morgan fingerprint density at radius 3 is 2.42 bits per heavy atom. The molecule has 0 bridgehead atoms. The average molecular weight is 171 g/mol. The summed E-state index contributed by atoms with van der Waals surface area (Å²) in [5.41, 5.74) is 0.487. The second-order valence-electron chi connectivity index (χ2n) is 3.27. The highest BCUT2D eigenvalue weighted by Gasteiger charge is 2.09. The number of nitrogens with zero attached hydrogens (tertiary/aromatic N) is 1. The van der Waals surface area contributed by atoms with Crippen LogP contribution in [0.4, 0.5) is 0 Å². The van der Waals surface area contributed by atoms with Crippen molar-refractivity contribution in [1.29, 1.82) is 0 Å². The fourth-order valence-electron chi connectivity index (χ4n) is 0.588. The number of carbonyl (C=O) groups is 1. The van der Waals surface area contributed by atoms with Gasteiger partial charge in [-0.2, -0.15) is 0 Å². The molecule has 1 amide bonds. The lowest BCUT2D eigenvalue weighted by Crippen LogP contribution is -2.28. The van der Waals surface area contributed by atoms with Crippen molar-refractivity contribution >= 4 is 5.91 Å². The van der Waals surface area contributed by atoms with Crippen LogP contribution in [-0.4, -0.2) is 24.6 Å². The fourth-order valence-corrected chi connectivity index (χ4v) is 0.588. The van der Waals surface area contributed by atoms with Gasteiger partial charge in [-0.1, -0.05) is 20.4 Å². The third kappa shape index (κ3) is 4.13. The van der Waals surface area contributed by atoms with E-state index < -0.39 is 0 Å². The highest BCUT2D eigenvalue weighted by atomic mass is 16.7. The molecule has 0 unspecified atom stereocenters. The summed E-state index contributed by atoms with van der Waals surface area (Å²) in [6, 6.07) is 0. The first kappa shape index (κ1) is 11.2. The van der Waals surface area contributed by atoms with E-state index in [-0.39, 0.29) is 5.91 Å². The van der Waals surface area contributed by atoms with Gasteiger partial charge in [-0.15, -0.1) is 0 Å². The van der Waals surface area contributed by atoms with Crippen LogP contribution in [0, 0.1) is 5.92 Å². The Bertz CT molecular complexity index is 175. The van der Waals surface area contributed by atoms with Crippen molar-refractivity contribution in [2.24, 2.45) is 5.92 Å². The Hall–Kier alpha value is -0.830. The summed E-state index contributed by atoms with van der Waals surface area (Å²) in [5.74, 6) is 0.251. The molecular formula is C9H17NO2. The Labute approximate surface area is 74.0 Å². The fraction of sp³-hybridized carbons (Fsp3) is 0.667. The van der Waals surface area contributed by atoms with Crippen LogP contribution in [0.5, 0.6) is 0 Å². The zero-order valence-electron chi connectivity index (χ0n) is 8.26. The topological polar surface area (TPSA) is 29.5 Å². The number of rotatable bonds is 4.